The number of carbonyl (C=O) groups excluding carboxylic acids is 1. The van der Waals surface area contributed by atoms with E-state index in [-0.39, 0.29) is 23.3 Å². The number of carbonyl (C=O) groups is 1. The summed E-state index contributed by atoms with van der Waals surface area (Å²) in [6.07, 6.45) is 10.2. The van der Waals surface area contributed by atoms with Crippen molar-refractivity contribution in [3.05, 3.63) is 83.6 Å². The maximum atomic E-state index is 11.8. The second-order valence-corrected chi connectivity index (χ2v) is 11.2. The molecule has 0 aromatic heterocycles. The molecule has 0 atom stereocenters. The fraction of sp³-hybridized carbons (Fsp3) is 0.438. The molecule has 0 radical (unpaired) electrons. The van der Waals surface area contributed by atoms with E-state index in [0.29, 0.717) is 13.0 Å². The van der Waals surface area contributed by atoms with Gasteiger partial charge >= 0.3 is 0 Å². The van der Waals surface area contributed by atoms with Gasteiger partial charge in [-0.25, -0.2) is 0 Å². The van der Waals surface area contributed by atoms with Crippen LogP contribution in [0.3, 0.4) is 0 Å². The molecule has 0 unspecified atom stereocenters. The van der Waals surface area contributed by atoms with Gasteiger partial charge < -0.3 is 15.3 Å². The summed E-state index contributed by atoms with van der Waals surface area (Å²) in [4.78, 5) is 14.1. The summed E-state index contributed by atoms with van der Waals surface area (Å²) in [5.74, 6) is 0.0203. The zero-order valence-electron chi connectivity index (χ0n) is 23.1. The minimum absolute atomic E-state index is 0.0145. The van der Waals surface area contributed by atoms with E-state index in [1.165, 1.54) is 33.9 Å². The van der Waals surface area contributed by atoms with Gasteiger partial charge in [0.05, 0.1) is 12.0 Å². The lowest BCUT2D eigenvalue weighted by Gasteiger charge is -2.23. The highest BCUT2D eigenvalue weighted by Gasteiger charge is 2.44. The van der Waals surface area contributed by atoms with E-state index in [1.807, 2.05) is 0 Å². The average Bonchev–Trinajstić information content (AvgIpc) is 3.22. The number of nitrogens with one attached hydrogen (secondary N) is 1. The molecular weight excluding hydrogens is 458 g/mol. The van der Waals surface area contributed by atoms with E-state index in [9.17, 15) is 4.79 Å². The number of benzene rings is 2. The zero-order valence-corrected chi connectivity index (χ0v) is 23.1. The van der Waals surface area contributed by atoms with Gasteiger partial charge in [0.25, 0.3) is 0 Å². The number of aliphatic hydroxyl groups excluding tert-OH is 1. The quantitative estimate of drug-likeness (QED) is 0.330. The van der Waals surface area contributed by atoms with Gasteiger partial charge in [-0.15, -0.1) is 0 Å². The van der Waals surface area contributed by atoms with Crippen molar-refractivity contribution in [2.45, 2.75) is 64.2 Å². The minimum Gasteiger partial charge on any atom is -0.395 e. The van der Waals surface area contributed by atoms with Crippen LogP contribution >= 0.6 is 0 Å². The van der Waals surface area contributed by atoms with Gasteiger partial charge in [0.1, 0.15) is 6.54 Å². The molecule has 196 valence electrons. The molecule has 1 amide bonds. The average molecular weight is 501 g/mol. The third kappa shape index (κ3) is 5.28. The van der Waals surface area contributed by atoms with Crippen LogP contribution in [0.25, 0.3) is 0 Å². The fourth-order valence-corrected chi connectivity index (χ4v) is 5.93. The summed E-state index contributed by atoms with van der Waals surface area (Å²) in [6.45, 7) is 10.5. The lowest BCUT2D eigenvalue weighted by Crippen LogP contribution is -2.28. The summed E-state index contributed by atoms with van der Waals surface area (Å²) < 4.78 is 2.47. The first kappa shape index (κ1) is 26.9. The van der Waals surface area contributed by atoms with E-state index in [1.54, 1.807) is 0 Å². The Labute approximate surface area is 222 Å². The first-order valence-electron chi connectivity index (χ1n) is 13.5. The van der Waals surface area contributed by atoms with Crippen molar-refractivity contribution in [1.82, 2.24) is 5.32 Å². The summed E-state index contributed by atoms with van der Waals surface area (Å²) in [7, 11) is 2.16. The number of nitrogens with zero attached hydrogens (tertiary/aromatic N) is 2. The number of hydrogen-bond donors (Lipinski definition) is 2. The smallest absolute Gasteiger partial charge is 0.220 e. The fourth-order valence-electron chi connectivity index (χ4n) is 5.93. The maximum Gasteiger partial charge on any atom is 0.220 e. The van der Waals surface area contributed by atoms with Gasteiger partial charge in [0.2, 0.25) is 11.6 Å². The van der Waals surface area contributed by atoms with Gasteiger partial charge in [0, 0.05) is 60.9 Å². The molecule has 2 N–H and O–H groups in total. The van der Waals surface area contributed by atoms with Crippen LogP contribution in [0.4, 0.5) is 11.4 Å². The molecule has 2 aromatic carbocycles. The molecule has 2 aliphatic heterocycles. The molecule has 5 nitrogen and oxygen atoms in total. The first-order valence-corrected chi connectivity index (χ1v) is 13.5. The van der Waals surface area contributed by atoms with Gasteiger partial charge in [-0.3, -0.25) is 4.79 Å². The Kier molecular flexibility index (Phi) is 8.03. The van der Waals surface area contributed by atoms with Crippen LogP contribution in [-0.2, 0) is 15.6 Å². The Morgan fingerprint density at radius 2 is 1.68 bits per heavy atom. The third-order valence-corrected chi connectivity index (χ3v) is 7.97. The van der Waals surface area contributed by atoms with E-state index in [0.717, 1.165) is 25.8 Å². The van der Waals surface area contributed by atoms with Crippen LogP contribution in [-0.4, -0.2) is 48.0 Å². The molecule has 37 heavy (non-hydrogen) atoms. The molecule has 4 rings (SSSR count). The van der Waals surface area contributed by atoms with E-state index in [4.69, 9.17) is 5.11 Å². The monoisotopic (exact) mass is 500 g/mol. The Morgan fingerprint density at radius 3 is 2.41 bits per heavy atom. The lowest BCUT2D eigenvalue weighted by atomic mass is 9.81. The Morgan fingerprint density at radius 1 is 0.973 bits per heavy atom. The molecule has 2 aromatic rings. The molecule has 0 saturated carbocycles. The second-order valence-electron chi connectivity index (χ2n) is 11.2. The number of hydrogen-bond acceptors (Lipinski definition) is 3. The SMILES string of the molecule is CN1/C(=C/C=C/C2=[N+](CCCCCC(=O)NCCO)c3ccccc3C2(C)C)C(C)(C)c2ccccc21. The van der Waals surface area contributed by atoms with Crippen molar-refractivity contribution in [1.29, 1.82) is 0 Å². The van der Waals surface area contributed by atoms with Crippen LogP contribution in [0.1, 0.15) is 64.5 Å². The van der Waals surface area contributed by atoms with Gasteiger partial charge in [-0.1, -0.05) is 56.3 Å². The van der Waals surface area contributed by atoms with Crippen LogP contribution in [0.2, 0.25) is 0 Å². The van der Waals surface area contributed by atoms with Crippen LogP contribution in [0.15, 0.2) is 72.5 Å². The largest absolute Gasteiger partial charge is 0.395 e. The Hall–Kier alpha value is -3.18. The van der Waals surface area contributed by atoms with Gasteiger partial charge in [-0.05, 0) is 44.4 Å². The highest BCUT2D eigenvalue weighted by molar-refractivity contribution is 6.03. The van der Waals surface area contributed by atoms with E-state index >= 15 is 0 Å². The molecule has 0 fully saturated rings. The molecule has 0 aliphatic carbocycles. The molecule has 0 spiro atoms. The number of fused-ring (bicyclic) bond motifs is 2. The summed E-state index contributed by atoms with van der Waals surface area (Å²) in [6, 6.07) is 17.4. The van der Waals surface area contributed by atoms with Crippen molar-refractivity contribution in [2.75, 3.05) is 31.6 Å². The van der Waals surface area contributed by atoms with E-state index < -0.39 is 0 Å². The highest BCUT2D eigenvalue weighted by Crippen LogP contribution is 2.46. The molecule has 0 saturated heterocycles. The van der Waals surface area contributed by atoms with Crippen molar-refractivity contribution >= 4 is 23.0 Å². The van der Waals surface area contributed by atoms with Crippen LogP contribution in [0.5, 0.6) is 0 Å². The number of rotatable bonds is 10. The number of unbranched alkanes of at least 4 members (excludes halogenated alkanes) is 2. The summed E-state index contributed by atoms with van der Waals surface area (Å²) in [5.41, 5.74) is 7.76. The van der Waals surface area contributed by atoms with Crippen molar-refractivity contribution in [3.63, 3.8) is 0 Å². The third-order valence-electron chi connectivity index (χ3n) is 7.97. The minimum atomic E-state index is -0.0875. The normalized spacial score (nSPS) is 18.5. The van der Waals surface area contributed by atoms with Crippen LogP contribution < -0.4 is 10.2 Å². The Bertz CT molecular complexity index is 1240. The molecular formula is C32H42N3O2+. The molecule has 5 heteroatoms. The number of amides is 1. The zero-order chi connectivity index (χ0) is 26.6. The number of allylic oxidation sites excluding steroid dienone is 4. The van der Waals surface area contributed by atoms with Crippen molar-refractivity contribution in [3.8, 4) is 0 Å². The molecule has 0 bridgehead atoms. The second kappa shape index (κ2) is 11.1. The lowest BCUT2D eigenvalue weighted by molar-refractivity contribution is -0.438. The maximum absolute atomic E-state index is 11.8. The van der Waals surface area contributed by atoms with Crippen molar-refractivity contribution in [2.24, 2.45) is 0 Å². The number of para-hydroxylation sites is 2. The number of aliphatic hydroxyl groups is 1. The first-order chi connectivity index (χ1) is 17.7. The summed E-state index contributed by atoms with van der Waals surface area (Å²) >= 11 is 0. The number of anilines is 1. The highest BCUT2D eigenvalue weighted by atomic mass is 16.3. The number of likely N-dealkylation sites (N-methyl/N-ethyl adjacent to an activating group) is 1. The predicted octanol–water partition coefficient (Wildman–Crippen LogP) is 5.60. The summed E-state index contributed by atoms with van der Waals surface area (Å²) in [5, 5.41) is 11.6. The Balaban J connectivity index is 1.54. The van der Waals surface area contributed by atoms with Crippen LogP contribution in [0, 0.1) is 0 Å². The van der Waals surface area contributed by atoms with E-state index in [2.05, 4.69) is 116 Å². The van der Waals surface area contributed by atoms with Gasteiger partial charge in [0.15, 0.2) is 5.71 Å². The molecule has 2 heterocycles. The molecule has 2 aliphatic rings. The predicted molar refractivity (Wildman–Crippen MR) is 153 cm³/mol. The van der Waals surface area contributed by atoms with Gasteiger partial charge in [-0.2, -0.15) is 4.58 Å². The van der Waals surface area contributed by atoms with Crippen molar-refractivity contribution < 1.29 is 14.5 Å². The topological polar surface area (TPSA) is 55.6 Å². The standard InChI is InChI=1S/C32H41N3O2/c1-31(2)24-14-8-10-16-26(24)34(5)28(31)18-13-19-29-32(3,4)25-15-9-11-17-27(25)35(29)22-12-6-7-20-30(37)33-21-23-36/h8-11,13-19,36H,6-7,12,20-23H2,1-5H3/p+1.